The van der Waals surface area contributed by atoms with Crippen LogP contribution in [0.3, 0.4) is 0 Å². The smallest absolute Gasteiger partial charge is 0.243 e. The third-order valence-corrected chi connectivity index (χ3v) is 6.62. The van der Waals surface area contributed by atoms with Crippen LogP contribution in [0.2, 0.25) is 0 Å². The highest BCUT2D eigenvalue weighted by Crippen LogP contribution is 2.35. The Kier molecular flexibility index (Phi) is 4.94. The van der Waals surface area contributed by atoms with Crippen molar-refractivity contribution in [1.29, 1.82) is 0 Å². The molecule has 148 valence electrons. The summed E-state index contributed by atoms with van der Waals surface area (Å²) in [5.74, 6) is -0.103. The van der Waals surface area contributed by atoms with Gasteiger partial charge in [-0.15, -0.1) is 0 Å². The third-order valence-electron chi connectivity index (χ3n) is 4.72. The van der Waals surface area contributed by atoms with E-state index < -0.39 is 27.8 Å². The summed E-state index contributed by atoms with van der Waals surface area (Å²) in [7, 11) is -3.90. The summed E-state index contributed by atoms with van der Waals surface area (Å²) in [5.41, 5.74) is 0.286. The molecule has 7 nitrogen and oxygen atoms in total. The maximum atomic E-state index is 13.3. The monoisotopic (exact) mass is 406 g/mol. The number of anilines is 1. The fourth-order valence-corrected chi connectivity index (χ4v) is 5.07. The van der Waals surface area contributed by atoms with Crippen LogP contribution < -0.4 is 14.8 Å². The van der Waals surface area contributed by atoms with Gasteiger partial charge in [0.05, 0.1) is 4.90 Å². The van der Waals surface area contributed by atoms with Crippen LogP contribution in [0.4, 0.5) is 10.1 Å². The molecule has 9 heteroatoms. The average molecular weight is 406 g/mol. The van der Waals surface area contributed by atoms with Crippen LogP contribution in [-0.4, -0.2) is 44.4 Å². The van der Waals surface area contributed by atoms with Crippen LogP contribution >= 0.6 is 0 Å². The molecule has 1 N–H and O–H groups in total. The Balaban J connectivity index is 1.57. The second-order valence-electron chi connectivity index (χ2n) is 6.58. The van der Waals surface area contributed by atoms with E-state index in [0.29, 0.717) is 37.6 Å². The fraction of sp³-hybridized carbons (Fsp3) is 0.316. The van der Waals surface area contributed by atoms with Gasteiger partial charge >= 0.3 is 0 Å². The van der Waals surface area contributed by atoms with Gasteiger partial charge in [0, 0.05) is 18.3 Å². The van der Waals surface area contributed by atoms with Crippen molar-refractivity contribution >= 4 is 21.6 Å². The van der Waals surface area contributed by atoms with Crippen molar-refractivity contribution < 1.29 is 27.1 Å². The Morgan fingerprint density at radius 2 is 1.89 bits per heavy atom. The first-order valence-electron chi connectivity index (χ1n) is 8.93. The average Bonchev–Trinajstić information content (AvgIpc) is 3.18. The molecule has 0 saturated carbocycles. The number of carbonyl (C=O) groups is 1. The number of benzene rings is 2. The van der Waals surface area contributed by atoms with E-state index in [2.05, 4.69) is 5.32 Å². The van der Waals surface area contributed by atoms with Gasteiger partial charge in [-0.05, 0) is 43.2 Å². The van der Waals surface area contributed by atoms with Gasteiger partial charge < -0.3 is 14.8 Å². The second kappa shape index (κ2) is 7.40. The molecule has 1 saturated heterocycles. The van der Waals surface area contributed by atoms with Gasteiger partial charge in [-0.25, -0.2) is 12.8 Å². The van der Waals surface area contributed by atoms with E-state index in [1.54, 1.807) is 12.1 Å². The number of hydrogen-bond acceptors (Lipinski definition) is 5. The van der Waals surface area contributed by atoms with E-state index >= 15 is 0 Å². The molecule has 1 atom stereocenters. The number of nitrogens with one attached hydrogen (secondary N) is 1. The molecule has 1 fully saturated rings. The van der Waals surface area contributed by atoms with Gasteiger partial charge in [-0.1, -0.05) is 6.07 Å². The number of carbonyl (C=O) groups excluding carboxylic acids is 1. The Hall–Kier alpha value is -2.65. The zero-order chi connectivity index (χ0) is 19.7. The summed E-state index contributed by atoms with van der Waals surface area (Å²) in [6.07, 6.45) is 0.954. The van der Waals surface area contributed by atoms with E-state index in [1.807, 2.05) is 0 Å². The summed E-state index contributed by atoms with van der Waals surface area (Å²) in [5, 5.41) is 2.60. The lowest BCUT2D eigenvalue weighted by atomic mass is 10.2. The lowest BCUT2D eigenvalue weighted by Crippen LogP contribution is -2.43. The van der Waals surface area contributed by atoms with Crippen molar-refractivity contribution in [2.24, 2.45) is 0 Å². The van der Waals surface area contributed by atoms with E-state index in [-0.39, 0.29) is 17.1 Å². The van der Waals surface area contributed by atoms with Gasteiger partial charge in [0.1, 0.15) is 25.1 Å². The molecule has 28 heavy (non-hydrogen) atoms. The van der Waals surface area contributed by atoms with Gasteiger partial charge in [0.25, 0.3) is 0 Å². The van der Waals surface area contributed by atoms with Crippen LogP contribution in [0.5, 0.6) is 11.5 Å². The molecule has 4 rings (SSSR count). The van der Waals surface area contributed by atoms with Crippen molar-refractivity contribution in [1.82, 2.24) is 4.31 Å². The molecule has 0 aliphatic carbocycles. The van der Waals surface area contributed by atoms with Gasteiger partial charge in [-0.3, -0.25) is 4.79 Å². The molecule has 0 unspecified atom stereocenters. The topological polar surface area (TPSA) is 84.9 Å². The zero-order valence-electron chi connectivity index (χ0n) is 14.9. The molecular weight excluding hydrogens is 387 g/mol. The van der Waals surface area contributed by atoms with Gasteiger partial charge in [0.2, 0.25) is 15.9 Å². The number of nitrogens with zero attached hydrogens (tertiary/aromatic N) is 1. The zero-order valence-corrected chi connectivity index (χ0v) is 15.7. The molecule has 1 amide bonds. The van der Waals surface area contributed by atoms with Crippen LogP contribution in [0.1, 0.15) is 12.8 Å². The van der Waals surface area contributed by atoms with Crippen LogP contribution in [0.15, 0.2) is 47.4 Å². The van der Waals surface area contributed by atoms with E-state index in [9.17, 15) is 17.6 Å². The Labute approximate surface area is 162 Å². The summed E-state index contributed by atoms with van der Waals surface area (Å²) in [6, 6.07) is 9.04. The molecular formula is C19H19FN2O5S. The van der Waals surface area contributed by atoms with Crippen LogP contribution in [0.25, 0.3) is 0 Å². The third kappa shape index (κ3) is 3.55. The molecule has 2 heterocycles. The molecule has 0 spiro atoms. The highest BCUT2D eigenvalue weighted by molar-refractivity contribution is 7.89. The number of halogens is 1. The fourth-order valence-electron chi connectivity index (χ4n) is 3.40. The van der Waals surface area contributed by atoms with Gasteiger partial charge in [0.15, 0.2) is 11.5 Å². The lowest BCUT2D eigenvalue weighted by Gasteiger charge is -2.24. The minimum atomic E-state index is -3.90. The van der Waals surface area contributed by atoms with Crippen molar-refractivity contribution in [3.8, 4) is 11.5 Å². The summed E-state index contributed by atoms with van der Waals surface area (Å²) >= 11 is 0. The molecule has 2 aliphatic rings. The number of hydrogen-bond donors (Lipinski definition) is 1. The van der Waals surface area contributed by atoms with Crippen molar-refractivity contribution in [3.05, 3.63) is 48.3 Å². The minimum absolute atomic E-state index is 0.0437. The Morgan fingerprint density at radius 3 is 2.68 bits per heavy atom. The number of sulfonamides is 1. The summed E-state index contributed by atoms with van der Waals surface area (Å²) in [4.78, 5) is 12.7. The van der Waals surface area contributed by atoms with Crippen molar-refractivity contribution in [2.75, 3.05) is 25.1 Å². The first kappa shape index (κ1) is 18.7. The maximum absolute atomic E-state index is 13.3. The normalized spacial score (nSPS) is 19.4. The molecule has 2 aromatic carbocycles. The lowest BCUT2D eigenvalue weighted by molar-refractivity contribution is -0.119. The first-order valence-corrected chi connectivity index (χ1v) is 10.4. The van der Waals surface area contributed by atoms with E-state index in [0.717, 1.165) is 0 Å². The number of fused-ring (bicyclic) bond motifs is 1. The number of amides is 1. The molecule has 2 aliphatic heterocycles. The SMILES string of the molecule is O=C(Nc1cccc(F)c1)[C@H]1CCCN1S(=O)(=O)c1ccc2c(c1)OCCO2. The molecule has 0 aromatic heterocycles. The van der Waals surface area contributed by atoms with E-state index in [4.69, 9.17) is 9.47 Å². The largest absolute Gasteiger partial charge is 0.486 e. The number of ether oxygens (including phenoxy) is 2. The van der Waals surface area contributed by atoms with Crippen LogP contribution in [0, 0.1) is 5.82 Å². The van der Waals surface area contributed by atoms with E-state index in [1.165, 1.54) is 34.6 Å². The predicted octanol–water partition coefficient (Wildman–Crippen LogP) is 2.39. The Bertz CT molecular complexity index is 1010. The number of rotatable bonds is 4. The summed E-state index contributed by atoms with van der Waals surface area (Å²) in [6.45, 7) is 0.991. The quantitative estimate of drug-likeness (QED) is 0.843. The predicted molar refractivity (Wildman–Crippen MR) is 99.4 cm³/mol. The summed E-state index contributed by atoms with van der Waals surface area (Å²) < 4.78 is 51.7. The standard InChI is InChI=1S/C19H19FN2O5S/c20-13-3-1-4-14(11-13)21-19(23)16-5-2-8-22(16)28(24,25)15-6-7-17-18(12-15)27-10-9-26-17/h1,3-4,6-7,11-12,16H,2,5,8-10H2,(H,21,23)/t16-/m1/s1. The maximum Gasteiger partial charge on any atom is 0.243 e. The highest BCUT2D eigenvalue weighted by atomic mass is 32.2. The van der Waals surface area contributed by atoms with Crippen LogP contribution in [-0.2, 0) is 14.8 Å². The minimum Gasteiger partial charge on any atom is -0.486 e. The van der Waals surface area contributed by atoms with Gasteiger partial charge in [-0.2, -0.15) is 4.31 Å². The van der Waals surface area contributed by atoms with Crippen molar-refractivity contribution in [3.63, 3.8) is 0 Å². The molecule has 0 radical (unpaired) electrons. The molecule has 0 bridgehead atoms. The Morgan fingerprint density at radius 1 is 1.11 bits per heavy atom. The second-order valence-corrected chi connectivity index (χ2v) is 8.47. The first-order chi connectivity index (χ1) is 13.4. The highest BCUT2D eigenvalue weighted by Gasteiger charge is 2.39. The van der Waals surface area contributed by atoms with Crippen molar-refractivity contribution in [2.45, 2.75) is 23.8 Å². The molecule has 2 aromatic rings.